The number of aliphatic hydroxyl groups is 1. The van der Waals surface area contributed by atoms with Crippen LogP contribution in [0, 0.1) is 0 Å². The van der Waals surface area contributed by atoms with Crippen LogP contribution in [0.2, 0.25) is 10.0 Å². The number of rotatable bonds is 2. The Morgan fingerprint density at radius 2 is 2.19 bits per heavy atom. The Balaban J connectivity index is 2.23. The highest BCUT2D eigenvalue weighted by Gasteiger charge is 2.34. The molecule has 5 heteroatoms. The van der Waals surface area contributed by atoms with Crippen molar-refractivity contribution >= 4 is 28.9 Å². The molecule has 1 fully saturated rings. The van der Waals surface area contributed by atoms with Gasteiger partial charge in [0, 0.05) is 18.1 Å². The summed E-state index contributed by atoms with van der Waals surface area (Å²) in [6, 6.07) is 5.35. The fraction of sp³-hybridized carbons (Fsp3) is 0.455. The minimum absolute atomic E-state index is 0.0122. The zero-order chi connectivity index (χ0) is 11.8. The minimum atomic E-state index is -0.522. The molecule has 3 nitrogen and oxygen atoms in total. The van der Waals surface area contributed by atoms with Crippen molar-refractivity contribution in [3.8, 4) is 0 Å². The molecule has 3 N–H and O–H groups in total. The summed E-state index contributed by atoms with van der Waals surface area (Å²) in [5.41, 5.74) is 6.37. The first-order chi connectivity index (χ1) is 7.54. The van der Waals surface area contributed by atoms with E-state index in [1.807, 2.05) is 6.07 Å². The van der Waals surface area contributed by atoms with Crippen LogP contribution in [0.1, 0.15) is 6.42 Å². The van der Waals surface area contributed by atoms with Gasteiger partial charge in [-0.1, -0.05) is 23.2 Å². The molecule has 1 unspecified atom stereocenters. The van der Waals surface area contributed by atoms with Gasteiger partial charge in [0.1, 0.15) is 0 Å². The molecule has 1 aliphatic rings. The average Bonchev–Trinajstić information content (AvgIpc) is 2.65. The number of hydrogen-bond acceptors (Lipinski definition) is 3. The normalized spacial score (nSPS) is 25.1. The molecule has 0 saturated carbocycles. The summed E-state index contributed by atoms with van der Waals surface area (Å²) in [6.07, 6.45) is 0.756. The maximum Gasteiger partial charge on any atom is 0.0640 e. The number of benzene rings is 1. The van der Waals surface area contributed by atoms with Gasteiger partial charge >= 0.3 is 0 Å². The summed E-state index contributed by atoms with van der Waals surface area (Å²) in [7, 11) is 0. The van der Waals surface area contributed by atoms with Gasteiger partial charge in [-0.3, -0.25) is 0 Å². The third-order valence-corrected chi connectivity index (χ3v) is 3.50. The molecule has 1 heterocycles. The first-order valence-electron chi connectivity index (χ1n) is 5.14. The molecule has 0 radical (unpaired) electrons. The number of halogens is 2. The van der Waals surface area contributed by atoms with Crippen LogP contribution in [0.15, 0.2) is 18.2 Å². The second-order valence-corrected chi connectivity index (χ2v) is 5.13. The highest BCUT2D eigenvalue weighted by molar-refractivity contribution is 6.35. The van der Waals surface area contributed by atoms with E-state index in [2.05, 4.69) is 4.90 Å². The van der Waals surface area contributed by atoms with E-state index in [4.69, 9.17) is 28.9 Å². The van der Waals surface area contributed by atoms with Crippen molar-refractivity contribution in [2.24, 2.45) is 5.73 Å². The van der Waals surface area contributed by atoms with Gasteiger partial charge in [0.15, 0.2) is 0 Å². The van der Waals surface area contributed by atoms with E-state index < -0.39 is 5.54 Å². The van der Waals surface area contributed by atoms with Gasteiger partial charge < -0.3 is 15.7 Å². The summed E-state index contributed by atoms with van der Waals surface area (Å²) < 4.78 is 0. The van der Waals surface area contributed by atoms with Crippen LogP contribution in [-0.2, 0) is 0 Å². The monoisotopic (exact) mass is 260 g/mol. The molecule has 0 aromatic heterocycles. The lowest BCUT2D eigenvalue weighted by Gasteiger charge is -2.24. The SMILES string of the molecule is NC1(CO)CCN(c2cc(Cl)ccc2Cl)C1. The fourth-order valence-corrected chi connectivity index (χ4v) is 2.36. The minimum Gasteiger partial charge on any atom is -0.394 e. The Morgan fingerprint density at radius 1 is 1.44 bits per heavy atom. The van der Waals surface area contributed by atoms with Crippen molar-refractivity contribution < 1.29 is 5.11 Å². The van der Waals surface area contributed by atoms with Gasteiger partial charge in [0.05, 0.1) is 22.9 Å². The molecule has 0 amide bonds. The standard InChI is InChI=1S/C11H14Cl2N2O/c12-8-1-2-9(13)10(5-8)15-4-3-11(14,6-15)7-16/h1-2,5,16H,3-4,6-7,14H2. The number of nitrogens with two attached hydrogens (primary N) is 1. The zero-order valence-electron chi connectivity index (χ0n) is 8.79. The van der Waals surface area contributed by atoms with Gasteiger partial charge in [0.2, 0.25) is 0 Å². The molecule has 0 bridgehead atoms. The van der Waals surface area contributed by atoms with E-state index >= 15 is 0 Å². The number of aliphatic hydroxyl groups excluding tert-OH is 1. The van der Waals surface area contributed by atoms with Crippen LogP contribution in [0.25, 0.3) is 0 Å². The maximum atomic E-state index is 9.20. The predicted octanol–water partition coefficient (Wildman–Crippen LogP) is 1.89. The van der Waals surface area contributed by atoms with Gasteiger partial charge in [-0.15, -0.1) is 0 Å². The van der Waals surface area contributed by atoms with Crippen molar-refractivity contribution in [2.45, 2.75) is 12.0 Å². The predicted molar refractivity (Wildman–Crippen MR) is 67.3 cm³/mol. The van der Waals surface area contributed by atoms with Crippen LogP contribution in [-0.4, -0.2) is 30.3 Å². The number of hydrogen-bond donors (Lipinski definition) is 2. The van der Waals surface area contributed by atoms with Crippen molar-refractivity contribution in [2.75, 3.05) is 24.6 Å². The molecule has 1 aliphatic heterocycles. The largest absolute Gasteiger partial charge is 0.394 e. The second-order valence-electron chi connectivity index (χ2n) is 4.29. The first kappa shape index (κ1) is 12.0. The molecular formula is C11H14Cl2N2O. The van der Waals surface area contributed by atoms with Gasteiger partial charge in [-0.2, -0.15) is 0 Å². The van der Waals surface area contributed by atoms with Crippen LogP contribution in [0.3, 0.4) is 0 Å². The van der Waals surface area contributed by atoms with Crippen molar-refractivity contribution in [3.05, 3.63) is 28.2 Å². The van der Waals surface area contributed by atoms with E-state index in [9.17, 15) is 5.11 Å². The quantitative estimate of drug-likeness (QED) is 0.854. The summed E-state index contributed by atoms with van der Waals surface area (Å²) in [5, 5.41) is 10.5. The lowest BCUT2D eigenvalue weighted by Crippen LogP contribution is -2.46. The molecule has 2 rings (SSSR count). The Morgan fingerprint density at radius 3 is 2.81 bits per heavy atom. The van der Waals surface area contributed by atoms with Crippen molar-refractivity contribution in [3.63, 3.8) is 0 Å². The molecule has 1 aromatic rings. The Bertz CT molecular complexity index is 400. The summed E-state index contributed by atoms with van der Waals surface area (Å²) in [5.74, 6) is 0. The van der Waals surface area contributed by atoms with Crippen LogP contribution >= 0.6 is 23.2 Å². The topological polar surface area (TPSA) is 49.5 Å². The van der Waals surface area contributed by atoms with E-state index in [1.165, 1.54) is 0 Å². The molecule has 88 valence electrons. The van der Waals surface area contributed by atoms with E-state index in [0.717, 1.165) is 18.7 Å². The van der Waals surface area contributed by atoms with Gasteiger partial charge in [-0.25, -0.2) is 0 Å². The third-order valence-electron chi connectivity index (χ3n) is 2.95. The molecule has 16 heavy (non-hydrogen) atoms. The third kappa shape index (κ3) is 2.28. The highest BCUT2D eigenvalue weighted by Crippen LogP contribution is 2.33. The number of anilines is 1. The summed E-state index contributed by atoms with van der Waals surface area (Å²) in [6.45, 7) is 1.38. The molecule has 1 atom stereocenters. The van der Waals surface area contributed by atoms with E-state index in [1.54, 1.807) is 12.1 Å². The van der Waals surface area contributed by atoms with Crippen LogP contribution in [0.4, 0.5) is 5.69 Å². The summed E-state index contributed by atoms with van der Waals surface area (Å²) in [4.78, 5) is 2.06. The lowest BCUT2D eigenvalue weighted by atomic mass is 10.0. The first-order valence-corrected chi connectivity index (χ1v) is 5.89. The molecule has 0 aliphatic carbocycles. The Hall–Kier alpha value is -0.480. The zero-order valence-corrected chi connectivity index (χ0v) is 10.3. The van der Waals surface area contributed by atoms with Crippen molar-refractivity contribution in [1.82, 2.24) is 0 Å². The molecule has 0 spiro atoms. The summed E-state index contributed by atoms with van der Waals surface area (Å²) >= 11 is 12.0. The van der Waals surface area contributed by atoms with Gasteiger partial charge in [0.25, 0.3) is 0 Å². The van der Waals surface area contributed by atoms with E-state index in [-0.39, 0.29) is 6.61 Å². The lowest BCUT2D eigenvalue weighted by molar-refractivity contribution is 0.210. The fourth-order valence-electron chi connectivity index (χ4n) is 1.96. The van der Waals surface area contributed by atoms with Gasteiger partial charge in [-0.05, 0) is 24.6 Å². The van der Waals surface area contributed by atoms with E-state index in [0.29, 0.717) is 16.6 Å². The molecular weight excluding hydrogens is 247 g/mol. The molecule has 1 aromatic carbocycles. The highest BCUT2D eigenvalue weighted by atomic mass is 35.5. The van der Waals surface area contributed by atoms with Crippen molar-refractivity contribution in [1.29, 1.82) is 0 Å². The van der Waals surface area contributed by atoms with Crippen LogP contribution < -0.4 is 10.6 Å². The Kier molecular flexibility index (Phi) is 3.31. The Labute approximate surface area is 105 Å². The smallest absolute Gasteiger partial charge is 0.0640 e. The molecule has 1 saturated heterocycles. The van der Waals surface area contributed by atoms with Crippen LogP contribution in [0.5, 0.6) is 0 Å². The maximum absolute atomic E-state index is 9.20. The average molecular weight is 261 g/mol. The second kappa shape index (κ2) is 4.41. The number of nitrogens with zero attached hydrogens (tertiary/aromatic N) is 1.